The molecule has 0 spiro atoms. The molecule has 15 heavy (non-hydrogen) atoms. The van der Waals surface area contributed by atoms with Gasteiger partial charge in [-0.2, -0.15) is 5.10 Å². The highest BCUT2D eigenvalue weighted by atomic mass is 16.1. The normalized spacial score (nSPS) is 10.1. The highest BCUT2D eigenvalue weighted by Gasteiger charge is 2.04. The summed E-state index contributed by atoms with van der Waals surface area (Å²) in [6.07, 6.45) is 1.59. The molecule has 0 bridgehead atoms. The molecule has 0 aliphatic rings. The van der Waals surface area contributed by atoms with E-state index in [9.17, 15) is 9.59 Å². The average Bonchev–Trinajstić information content (AvgIpc) is 2.19. The fourth-order valence-electron chi connectivity index (χ4n) is 1.15. The van der Waals surface area contributed by atoms with Crippen LogP contribution in [0.2, 0.25) is 0 Å². The fourth-order valence-corrected chi connectivity index (χ4v) is 1.15. The number of hydrogen-bond donors (Lipinski definition) is 0. The van der Waals surface area contributed by atoms with Crippen molar-refractivity contribution in [1.82, 2.24) is 9.78 Å². The Morgan fingerprint density at radius 2 is 2.27 bits per heavy atom. The summed E-state index contributed by atoms with van der Waals surface area (Å²) in [4.78, 5) is 24.3. The quantitative estimate of drug-likeness (QED) is 0.715. The van der Waals surface area contributed by atoms with Crippen molar-refractivity contribution in [1.29, 1.82) is 0 Å². The first-order valence-electron chi connectivity index (χ1n) is 4.82. The average molecular weight is 209 g/mol. The van der Waals surface area contributed by atoms with Crippen LogP contribution in [0.1, 0.15) is 13.8 Å². The molecular formula is C10H15N3O2. The molecule has 0 saturated heterocycles. The lowest BCUT2D eigenvalue weighted by atomic mass is 10.4. The lowest BCUT2D eigenvalue weighted by Crippen LogP contribution is -2.27. The summed E-state index contributed by atoms with van der Waals surface area (Å²) in [5.74, 6) is -0.0822. The van der Waals surface area contributed by atoms with Crippen molar-refractivity contribution >= 4 is 11.5 Å². The standard InChI is InChI=1S/C10H15N3O2/c1-4-12(3)9-5-10(15)13(11-6-9)7-8(2)14/h5-6H,4,7H2,1-3H3. The summed E-state index contributed by atoms with van der Waals surface area (Å²) in [5.41, 5.74) is 0.519. The van der Waals surface area contributed by atoms with E-state index in [1.54, 1.807) is 6.20 Å². The van der Waals surface area contributed by atoms with Crippen LogP contribution in [-0.4, -0.2) is 29.2 Å². The molecule has 1 heterocycles. The number of aromatic nitrogens is 2. The highest BCUT2D eigenvalue weighted by Crippen LogP contribution is 2.05. The second-order valence-electron chi connectivity index (χ2n) is 3.43. The van der Waals surface area contributed by atoms with Gasteiger partial charge < -0.3 is 4.90 Å². The van der Waals surface area contributed by atoms with Crippen molar-refractivity contribution in [3.63, 3.8) is 0 Å². The van der Waals surface area contributed by atoms with Crippen molar-refractivity contribution in [3.8, 4) is 0 Å². The molecule has 0 atom stereocenters. The summed E-state index contributed by atoms with van der Waals surface area (Å²) in [7, 11) is 1.88. The molecule has 5 nitrogen and oxygen atoms in total. The molecule has 0 saturated carbocycles. The summed E-state index contributed by atoms with van der Waals surface area (Å²) in [6.45, 7) is 4.26. The van der Waals surface area contributed by atoms with Crippen molar-refractivity contribution in [2.75, 3.05) is 18.5 Å². The number of rotatable bonds is 4. The molecule has 1 aromatic rings. The second-order valence-corrected chi connectivity index (χ2v) is 3.43. The number of carbonyl (C=O) groups excluding carboxylic acids is 1. The van der Waals surface area contributed by atoms with Gasteiger partial charge >= 0.3 is 0 Å². The van der Waals surface area contributed by atoms with Gasteiger partial charge in [0, 0.05) is 19.7 Å². The number of Topliss-reactive ketones (excluding diaryl/α,β-unsaturated/α-hetero) is 1. The summed E-state index contributed by atoms with van der Waals surface area (Å²) in [6, 6.07) is 1.49. The fraction of sp³-hybridized carbons (Fsp3) is 0.500. The first kappa shape index (κ1) is 11.4. The zero-order chi connectivity index (χ0) is 11.4. The van der Waals surface area contributed by atoms with E-state index >= 15 is 0 Å². The van der Waals surface area contributed by atoms with Gasteiger partial charge in [-0.1, -0.05) is 0 Å². The predicted molar refractivity (Wildman–Crippen MR) is 58.1 cm³/mol. The molecule has 0 unspecified atom stereocenters. The Balaban J connectivity index is 2.98. The minimum absolute atomic E-state index is 0.0367. The van der Waals surface area contributed by atoms with Crippen molar-refractivity contribution in [2.24, 2.45) is 0 Å². The maximum Gasteiger partial charge on any atom is 0.269 e. The Bertz CT molecular complexity index is 411. The van der Waals surface area contributed by atoms with Crippen LogP contribution in [0.15, 0.2) is 17.1 Å². The van der Waals surface area contributed by atoms with Gasteiger partial charge in [-0.3, -0.25) is 9.59 Å². The van der Waals surface area contributed by atoms with Gasteiger partial charge in [-0.05, 0) is 13.8 Å². The monoisotopic (exact) mass is 209 g/mol. The van der Waals surface area contributed by atoms with Crippen LogP contribution in [0, 0.1) is 0 Å². The molecular weight excluding hydrogens is 194 g/mol. The topological polar surface area (TPSA) is 55.2 Å². The van der Waals surface area contributed by atoms with E-state index in [2.05, 4.69) is 5.10 Å². The third-order valence-corrected chi connectivity index (χ3v) is 2.14. The van der Waals surface area contributed by atoms with Crippen molar-refractivity contribution < 1.29 is 4.79 Å². The second kappa shape index (κ2) is 4.72. The van der Waals surface area contributed by atoms with Crippen molar-refractivity contribution in [2.45, 2.75) is 20.4 Å². The Kier molecular flexibility index (Phi) is 3.60. The van der Waals surface area contributed by atoms with E-state index in [-0.39, 0.29) is 17.9 Å². The molecule has 0 aliphatic carbocycles. The number of anilines is 1. The van der Waals surface area contributed by atoms with Crippen LogP contribution in [0.5, 0.6) is 0 Å². The Hall–Kier alpha value is -1.65. The number of carbonyl (C=O) groups is 1. The van der Waals surface area contributed by atoms with E-state index in [1.807, 2.05) is 18.9 Å². The summed E-state index contributed by atoms with van der Waals surface area (Å²) >= 11 is 0. The minimum atomic E-state index is -0.247. The van der Waals surface area contributed by atoms with Gasteiger partial charge in [0.2, 0.25) is 0 Å². The van der Waals surface area contributed by atoms with E-state index in [1.165, 1.54) is 13.0 Å². The van der Waals surface area contributed by atoms with E-state index < -0.39 is 0 Å². The molecule has 0 N–H and O–H groups in total. The number of hydrogen-bond acceptors (Lipinski definition) is 4. The summed E-state index contributed by atoms with van der Waals surface area (Å²) in [5, 5.41) is 3.93. The molecule has 1 rings (SSSR count). The van der Waals surface area contributed by atoms with Crippen LogP contribution in [-0.2, 0) is 11.3 Å². The predicted octanol–water partition coefficient (Wildman–Crippen LogP) is 0.288. The van der Waals surface area contributed by atoms with Crippen molar-refractivity contribution in [3.05, 3.63) is 22.6 Å². The maximum atomic E-state index is 11.5. The molecule has 0 amide bonds. The van der Waals surface area contributed by atoms with E-state index in [0.717, 1.165) is 16.9 Å². The number of nitrogens with zero attached hydrogens (tertiary/aromatic N) is 3. The van der Waals surface area contributed by atoms with E-state index in [4.69, 9.17) is 0 Å². The smallest absolute Gasteiger partial charge is 0.269 e. The first-order chi connectivity index (χ1) is 7.04. The third kappa shape index (κ3) is 2.90. The van der Waals surface area contributed by atoms with Gasteiger partial charge in [0.15, 0.2) is 5.78 Å². The summed E-state index contributed by atoms with van der Waals surface area (Å²) < 4.78 is 1.16. The molecule has 0 fully saturated rings. The maximum absolute atomic E-state index is 11.5. The first-order valence-corrected chi connectivity index (χ1v) is 4.82. The Labute approximate surface area is 88.3 Å². The number of ketones is 1. The molecule has 82 valence electrons. The van der Waals surface area contributed by atoms with Crippen LogP contribution in [0.3, 0.4) is 0 Å². The molecule has 5 heteroatoms. The zero-order valence-electron chi connectivity index (χ0n) is 9.23. The van der Waals surface area contributed by atoms with Gasteiger partial charge in [-0.15, -0.1) is 0 Å². The lowest BCUT2D eigenvalue weighted by molar-refractivity contribution is -0.117. The lowest BCUT2D eigenvalue weighted by Gasteiger charge is -2.15. The highest BCUT2D eigenvalue weighted by molar-refractivity contribution is 5.75. The largest absolute Gasteiger partial charge is 0.373 e. The Morgan fingerprint density at radius 3 is 2.73 bits per heavy atom. The van der Waals surface area contributed by atoms with Crippen LogP contribution >= 0.6 is 0 Å². The molecule has 0 aromatic carbocycles. The van der Waals surface area contributed by atoms with Crippen LogP contribution < -0.4 is 10.5 Å². The molecule has 0 radical (unpaired) electrons. The Morgan fingerprint density at radius 1 is 1.60 bits per heavy atom. The van der Waals surface area contributed by atoms with Gasteiger partial charge in [0.1, 0.15) is 6.54 Å². The molecule has 1 aromatic heterocycles. The zero-order valence-corrected chi connectivity index (χ0v) is 9.23. The minimum Gasteiger partial charge on any atom is -0.373 e. The molecule has 0 aliphatic heterocycles. The van der Waals surface area contributed by atoms with Crippen LogP contribution in [0.25, 0.3) is 0 Å². The SMILES string of the molecule is CCN(C)c1cnn(CC(C)=O)c(=O)c1. The van der Waals surface area contributed by atoms with Gasteiger partial charge in [0.25, 0.3) is 5.56 Å². The third-order valence-electron chi connectivity index (χ3n) is 2.14. The van der Waals surface area contributed by atoms with Crippen LogP contribution in [0.4, 0.5) is 5.69 Å². The van der Waals surface area contributed by atoms with E-state index in [0.29, 0.717) is 0 Å². The van der Waals surface area contributed by atoms with Gasteiger partial charge in [0.05, 0.1) is 11.9 Å². The van der Waals surface area contributed by atoms with Gasteiger partial charge in [-0.25, -0.2) is 4.68 Å².